The first kappa shape index (κ1) is 19.1. The van der Waals surface area contributed by atoms with Crippen LogP contribution in [0.3, 0.4) is 0 Å². The predicted molar refractivity (Wildman–Crippen MR) is 91.0 cm³/mol. The van der Waals surface area contributed by atoms with Crippen LogP contribution in [0, 0.1) is 5.82 Å². The summed E-state index contributed by atoms with van der Waals surface area (Å²) >= 11 is 0. The van der Waals surface area contributed by atoms with Gasteiger partial charge in [0, 0.05) is 24.9 Å². The summed E-state index contributed by atoms with van der Waals surface area (Å²) in [6.07, 6.45) is 1.46. The molecule has 1 saturated heterocycles. The van der Waals surface area contributed by atoms with Crippen LogP contribution in [0.4, 0.5) is 4.39 Å². The Morgan fingerprint density at radius 3 is 2.38 bits per heavy atom. The number of hydrogen-bond donors (Lipinski definition) is 2. The van der Waals surface area contributed by atoms with Gasteiger partial charge < -0.3 is 10.1 Å². The van der Waals surface area contributed by atoms with Gasteiger partial charge in [0.1, 0.15) is 0 Å². The van der Waals surface area contributed by atoms with Crippen molar-refractivity contribution in [2.24, 2.45) is 0 Å². The maximum atomic E-state index is 13.7. The summed E-state index contributed by atoms with van der Waals surface area (Å²) < 4.78 is 47.0. The van der Waals surface area contributed by atoms with E-state index in [1.54, 1.807) is 6.92 Å². The molecule has 7 heteroatoms. The smallest absolute Gasteiger partial charge is 0.240 e. The molecule has 0 unspecified atom stereocenters. The molecule has 0 aromatic heterocycles. The molecule has 2 rings (SSSR count). The fraction of sp³-hybridized carbons (Fsp3) is 0.647. The van der Waals surface area contributed by atoms with E-state index in [2.05, 4.69) is 37.7 Å². The van der Waals surface area contributed by atoms with Crippen LogP contribution in [0.25, 0.3) is 0 Å². The van der Waals surface area contributed by atoms with Crippen molar-refractivity contribution in [1.82, 2.24) is 4.72 Å². The van der Waals surface area contributed by atoms with E-state index in [1.165, 1.54) is 12.1 Å². The number of nitrogens with one attached hydrogen (secondary N) is 1. The Hall–Kier alpha value is -1.18. The van der Waals surface area contributed by atoms with Crippen molar-refractivity contribution in [2.75, 3.05) is 6.61 Å². The molecule has 0 amide bonds. The summed E-state index contributed by atoms with van der Waals surface area (Å²) in [7, 11) is -3.73. The van der Waals surface area contributed by atoms with Gasteiger partial charge in [0.25, 0.3) is 0 Å². The molecular weight excluding hydrogens is 331 g/mol. The van der Waals surface area contributed by atoms with E-state index < -0.39 is 15.8 Å². The SMILES string of the molecule is CCOc1cc(S(=O)(=O)NC2CC(C)(C)[NH2+]C(C)(C)C2)ccc1F. The fourth-order valence-electron chi connectivity index (χ4n) is 3.81. The number of nitrogens with two attached hydrogens (primary N) is 1. The van der Waals surface area contributed by atoms with Gasteiger partial charge in [-0.05, 0) is 46.8 Å². The van der Waals surface area contributed by atoms with E-state index in [0.29, 0.717) is 0 Å². The minimum atomic E-state index is -3.73. The Kier molecular flexibility index (Phi) is 5.28. The van der Waals surface area contributed by atoms with Gasteiger partial charge in [-0.1, -0.05) is 0 Å². The number of halogens is 1. The first-order valence-corrected chi connectivity index (χ1v) is 9.74. The van der Waals surface area contributed by atoms with Crippen molar-refractivity contribution in [3.8, 4) is 5.75 Å². The Morgan fingerprint density at radius 1 is 1.25 bits per heavy atom. The Morgan fingerprint density at radius 2 is 1.83 bits per heavy atom. The first-order valence-electron chi connectivity index (χ1n) is 8.26. The molecule has 3 N–H and O–H groups in total. The van der Waals surface area contributed by atoms with Crippen molar-refractivity contribution in [1.29, 1.82) is 0 Å². The van der Waals surface area contributed by atoms with Crippen molar-refractivity contribution < 1.29 is 22.9 Å². The molecule has 0 bridgehead atoms. The van der Waals surface area contributed by atoms with Crippen molar-refractivity contribution in [3.05, 3.63) is 24.0 Å². The quantitative estimate of drug-likeness (QED) is 0.842. The van der Waals surface area contributed by atoms with Crippen LogP contribution in [0.1, 0.15) is 47.5 Å². The van der Waals surface area contributed by atoms with E-state index in [9.17, 15) is 12.8 Å². The molecule has 1 aliphatic rings. The average molecular weight is 359 g/mol. The van der Waals surface area contributed by atoms with Gasteiger partial charge in [0.2, 0.25) is 10.0 Å². The molecule has 1 fully saturated rings. The Labute approximate surface area is 144 Å². The molecule has 1 aromatic carbocycles. The second-order valence-corrected chi connectivity index (χ2v) is 9.59. The maximum Gasteiger partial charge on any atom is 0.240 e. The molecule has 0 spiro atoms. The molecule has 24 heavy (non-hydrogen) atoms. The number of quaternary nitrogens is 1. The number of piperidine rings is 1. The lowest BCUT2D eigenvalue weighted by Gasteiger charge is -2.43. The number of ether oxygens (including phenoxy) is 1. The third-order valence-electron chi connectivity index (χ3n) is 4.16. The number of rotatable bonds is 5. The molecule has 0 aliphatic carbocycles. The standard InChI is InChI=1S/C17H27FN2O3S/c1-6-23-15-9-13(7-8-14(15)18)24(21,22)19-12-10-16(2,3)20-17(4,5)11-12/h7-9,12,19-20H,6,10-11H2,1-5H3/p+1. The fourth-order valence-corrected chi connectivity index (χ4v) is 5.06. The zero-order chi connectivity index (χ0) is 18.2. The van der Waals surface area contributed by atoms with Gasteiger partial charge >= 0.3 is 0 Å². The first-order chi connectivity index (χ1) is 10.9. The van der Waals surface area contributed by atoms with Gasteiger partial charge in [0.05, 0.1) is 22.6 Å². The zero-order valence-electron chi connectivity index (χ0n) is 15.0. The molecule has 1 heterocycles. The van der Waals surface area contributed by atoms with Crippen molar-refractivity contribution >= 4 is 10.0 Å². The normalized spacial score (nSPS) is 20.8. The summed E-state index contributed by atoms with van der Waals surface area (Å²) in [5, 5.41) is 2.29. The number of hydrogen-bond acceptors (Lipinski definition) is 3. The topological polar surface area (TPSA) is 72.0 Å². The largest absolute Gasteiger partial charge is 0.491 e. The lowest BCUT2D eigenvalue weighted by molar-refractivity contribution is -0.787. The molecule has 0 radical (unpaired) electrons. The van der Waals surface area contributed by atoms with E-state index in [0.717, 1.165) is 18.9 Å². The van der Waals surface area contributed by atoms with Gasteiger partial charge in [0.15, 0.2) is 11.6 Å². The van der Waals surface area contributed by atoms with Crippen molar-refractivity contribution in [2.45, 2.75) is 69.5 Å². The number of sulfonamides is 1. The number of benzene rings is 1. The predicted octanol–water partition coefficient (Wildman–Crippen LogP) is 1.79. The van der Waals surface area contributed by atoms with Crippen LogP contribution in [0.15, 0.2) is 23.1 Å². The second kappa shape index (κ2) is 6.61. The Balaban J connectivity index is 2.23. The lowest BCUT2D eigenvalue weighted by Crippen LogP contribution is -3.06. The lowest BCUT2D eigenvalue weighted by atomic mass is 9.80. The maximum absolute atomic E-state index is 13.7. The average Bonchev–Trinajstić information content (AvgIpc) is 2.36. The second-order valence-electron chi connectivity index (χ2n) is 7.87. The van der Waals surface area contributed by atoms with Crippen LogP contribution in [-0.2, 0) is 10.0 Å². The highest BCUT2D eigenvalue weighted by atomic mass is 32.2. The third kappa shape index (κ3) is 4.68. The van der Waals surface area contributed by atoms with Crippen LogP contribution in [-0.4, -0.2) is 32.1 Å². The van der Waals surface area contributed by atoms with E-state index in [1.807, 2.05) is 0 Å². The van der Waals surface area contributed by atoms with Gasteiger partial charge in [-0.15, -0.1) is 0 Å². The molecule has 1 aliphatic heterocycles. The molecule has 0 atom stereocenters. The minimum Gasteiger partial charge on any atom is -0.491 e. The van der Waals surface area contributed by atoms with Crippen LogP contribution >= 0.6 is 0 Å². The zero-order valence-corrected chi connectivity index (χ0v) is 15.8. The molecule has 136 valence electrons. The highest BCUT2D eigenvalue weighted by molar-refractivity contribution is 7.89. The van der Waals surface area contributed by atoms with E-state index in [4.69, 9.17) is 4.74 Å². The minimum absolute atomic E-state index is 0.0255. The monoisotopic (exact) mass is 359 g/mol. The molecule has 5 nitrogen and oxygen atoms in total. The third-order valence-corrected chi connectivity index (χ3v) is 5.68. The van der Waals surface area contributed by atoms with Crippen LogP contribution in [0.5, 0.6) is 5.75 Å². The molecular formula is C17H28FN2O3S+. The molecule has 0 saturated carbocycles. The summed E-state index contributed by atoms with van der Waals surface area (Å²) in [4.78, 5) is 0.0255. The van der Waals surface area contributed by atoms with Crippen molar-refractivity contribution in [3.63, 3.8) is 0 Å². The van der Waals surface area contributed by atoms with E-state index >= 15 is 0 Å². The van der Waals surface area contributed by atoms with E-state index in [-0.39, 0.29) is 34.4 Å². The summed E-state index contributed by atoms with van der Waals surface area (Å²) in [6.45, 7) is 10.4. The summed E-state index contributed by atoms with van der Waals surface area (Å²) in [5.74, 6) is -0.608. The Bertz CT molecular complexity index is 686. The molecule has 1 aromatic rings. The highest BCUT2D eigenvalue weighted by Crippen LogP contribution is 2.25. The highest BCUT2D eigenvalue weighted by Gasteiger charge is 2.42. The van der Waals surface area contributed by atoms with Crippen LogP contribution in [0.2, 0.25) is 0 Å². The summed E-state index contributed by atoms with van der Waals surface area (Å²) in [6, 6.07) is 3.48. The van der Waals surface area contributed by atoms with Gasteiger partial charge in [-0.2, -0.15) is 0 Å². The van der Waals surface area contributed by atoms with Gasteiger partial charge in [-0.3, -0.25) is 0 Å². The van der Waals surface area contributed by atoms with Crippen LogP contribution < -0.4 is 14.8 Å². The van der Waals surface area contributed by atoms with Gasteiger partial charge in [-0.25, -0.2) is 17.5 Å². The summed E-state index contributed by atoms with van der Waals surface area (Å²) in [5.41, 5.74) is -0.0948.